The number of hydrogen-bond acceptors (Lipinski definition) is 3. The zero-order valence-corrected chi connectivity index (χ0v) is 9.63. The highest BCUT2D eigenvalue weighted by Crippen LogP contribution is 2.08. The molecule has 0 saturated carbocycles. The van der Waals surface area contributed by atoms with Crippen molar-refractivity contribution in [1.29, 1.82) is 0 Å². The molecule has 0 atom stereocenters. The molecule has 0 unspecified atom stereocenters. The molecule has 0 spiro atoms. The van der Waals surface area contributed by atoms with E-state index >= 15 is 0 Å². The summed E-state index contributed by atoms with van der Waals surface area (Å²) < 4.78 is 10.4. The van der Waals surface area contributed by atoms with Crippen LogP contribution < -0.4 is 0 Å². The number of carbonyl (C=O) groups is 1. The summed E-state index contributed by atoms with van der Waals surface area (Å²) in [4.78, 5) is 10.6. The Labute approximate surface area is 80.9 Å². The first-order chi connectivity index (χ1) is 6.02. The van der Waals surface area contributed by atoms with Gasteiger partial charge in [0.2, 0.25) is 0 Å². The number of rotatable bonds is 6. The molecule has 0 aliphatic rings. The Kier molecular flexibility index (Phi) is 5.66. The van der Waals surface area contributed by atoms with Crippen LogP contribution in [-0.2, 0) is 14.0 Å². The molecule has 0 amide bonds. The second-order valence-corrected chi connectivity index (χ2v) is 7.85. The molecule has 3 nitrogen and oxygen atoms in total. The van der Waals surface area contributed by atoms with Crippen LogP contribution >= 0.6 is 0 Å². The topological polar surface area (TPSA) is 35.5 Å². The lowest BCUT2D eigenvalue weighted by molar-refractivity contribution is -0.138. The number of ether oxygens (including phenoxy) is 1. The number of hydrogen-bond donors (Lipinski definition) is 0. The van der Waals surface area contributed by atoms with Crippen LogP contribution in [0.3, 0.4) is 0 Å². The molecule has 13 heavy (non-hydrogen) atoms. The van der Waals surface area contributed by atoms with Gasteiger partial charge in [-0.3, -0.25) is 0 Å². The van der Waals surface area contributed by atoms with Crippen LogP contribution in [0.4, 0.5) is 0 Å². The van der Waals surface area contributed by atoms with Crippen molar-refractivity contribution in [1.82, 2.24) is 0 Å². The van der Waals surface area contributed by atoms with Crippen molar-refractivity contribution < 1.29 is 14.0 Å². The van der Waals surface area contributed by atoms with Crippen molar-refractivity contribution in [3.05, 3.63) is 12.7 Å². The van der Waals surface area contributed by atoms with Gasteiger partial charge in [0, 0.05) is 6.08 Å². The summed E-state index contributed by atoms with van der Waals surface area (Å²) in [5, 5.41) is 0. The monoisotopic (exact) mass is 202 g/mol. The molecule has 0 radical (unpaired) electrons. The fraction of sp³-hybridized carbons (Fsp3) is 0.667. The van der Waals surface area contributed by atoms with Crippen LogP contribution in [-0.4, -0.2) is 27.5 Å². The normalized spacial score (nSPS) is 11.0. The summed E-state index contributed by atoms with van der Waals surface area (Å²) in [6, 6.07) is 1.07. The van der Waals surface area contributed by atoms with Gasteiger partial charge in [0.15, 0.2) is 8.32 Å². The molecule has 0 fully saturated rings. The van der Waals surface area contributed by atoms with E-state index in [9.17, 15) is 4.79 Å². The molecule has 0 N–H and O–H groups in total. The Hall–Kier alpha value is -0.613. The standard InChI is InChI=1S/C9H18O3Si/c1-5-9(10)11-7-8-12-13(3,4)6-2/h5H,1,6-8H2,2-4H3. The quantitative estimate of drug-likeness (QED) is 0.286. The molecule has 0 bridgehead atoms. The molecule has 0 aromatic rings. The Morgan fingerprint density at radius 1 is 1.46 bits per heavy atom. The van der Waals surface area contributed by atoms with E-state index in [1.165, 1.54) is 0 Å². The summed E-state index contributed by atoms with van der Waals surface area (Å²) >= 11 is 0. The van der Waals surface area contributed by atoms with E-state index in [0.717, 1.165) is 12.1 Å². The van der Waals surface area contributed by atoms with E-state index in [4.69, 9.17) is 9.16 Å². The average Bonchev–Trinajstić information content (AvgIpc) is 2.12. The average molecular weight is 202 g/mol. The Bertz CT molecular complexity index is 178. The van der Waals surface area contributed by atoms with Crippen LogP contribution in [0.5, 0.6) is 0 Å². The molecule has 0 aliphatic carbocycles. The van der Waals surface area contributed by atoms with Gasteiger partial charge in [0.1, 0.15) is 6.61 Å². The van der Waals surface area contributed by atoms with Crippen LogP contribution in [0.15, 0.2) is 12.7 Å². The van der Waals surface area contributed by atoms with Gasteiger partial charge in [0.05, 0.1) is 6.61 Å². The largest absolute Gasteiger partial charge is 0.460 e. The van der Waals surface area contributed by atoms with E-state index in [0.29, 0.717) is 13.2 Å². The smallest absolute Gasteiger partial charge is 0.330 e. The number of esters is 1. The maximum Gasteiger partial charge on any atom is 0.330 e. The summed E-state index contributed by atoms with van der Waals surface area (Å²) in [6.07, 6.45) is 1.16. The van der Waals surface area contributed by atoms with E-state index in [1.54, 1.807) is 0 Å². The zero-order valence-electron chi connectivity index (χ0n) is 8.63. The molecule has 0 heterocycles. The highest BCUT2D eigenvalue weighted by atomic mass is 28.4. The third-order valence-electron chi connectivity index (χ3n) is 1.84. The summed E-state index contributed by atoms with van der Waals surface area (Å²) in [7, 11) is -1.48. The molecule has 0 aromatic heterocycles. The number of carbonyl (C=O) groups excluding carboxylic acids is 1. The van der Waals surface area contributed by atoms with Crippen molar-refractivity contribution >= 4 is 14.3 Å². The molecule has 0 saturated heterocycles. The molecule has 76 valence electrons. The van der Waals surface area contributed by atoms with E-state index < -0.39 is 8.32 Å². The fourth-order valence-corrected chi connectivity index (χ4v) is 1.46. The first-order valence-electron chi connectivity index (χ1n) is 4.45. The SMILES string of the molecule is C=CC(=O)OCCO[Si](C)(C)CC. The minimum Gasteiger partial charge on any atom is -0.460 e. The minimum atomic E-state index is -1.48. The van der Waals surface area contributed by atoms with Gasteiger partial charge < -0.3 is 9.16 Å². The van der Waals surface area contributed by atoms with Gasteiger partial charge in [-0.2, -0.15) is 0 Å². The maximum atomic E-state index is 10.6. The summed E-state index contributed by atoms with van der Waals surface area (Å²) in [5.41, 5.74) is 0. The van der Waals surface area contributed by atoms with Crippen LogP contribution in [0.25, 0.3) is 0 Å². The van der Waals surface area contributed by atoms with Crippen molar-refractivity contribution in [3.63, 3.8) is 0 Å². The predicted octanol–water partition coefficient (Wildman–Crippen LogP) is 1.96. The van der Waals surface area contributed by atoms with Crippen LogP contribution in [0.2, 0.25) is 19.1 Å². The molecule has 0 rings (SSSR count). The second kappa shape index (κ2) is 5.94. The van der Waals surface area contributed by atoms with Crippen LogP contribution in [0.1, 0.15) is 6.92 Å². The van der Waals surface area contributed by atoms with Crippen molar-refractivity contribution in [2.75, 3.05) is 13.2 Å². The maximum absolute atomic E-state index is 10.6. The predicted molar refractivity (Wildman–Crippen MR) is 55.1 cm³/mol. The Morgan fingerprint density at radius 2 is 2.08 bits per heavy atom. The highest BCUT2D eigenvalue weighted by molar-refractivity contribution is 6.71. The Balaban J connectivity index is 3.46. The van der Waals surface area contributed by atoms with Crippen LogP contribution in [0, 0.1) is 0 Å². The lowest BCUT2D eigenvalue weighted by Crippen LogP contribution is -2.30. The molecule has 0 aromatic carbocycles. The first-order valence-corrected chi connectivity index (χ1v) is 7.56. The summed E-state index contributed by atoms with van der Waals surface area (Å²) in [6.45, 7) is 10.5. The molecule has 0 aliphatic heterocycles. The van der Waals surface area contributed by atoms with E-state index in [1.807, 2.05) is 0 Å². The molecule has 4 heteroatoms. The fourth-order valence-electron chi connectivity index (χ4n) is 0.621. The lowest BCUT2D eigenvalue weighted by atomic mass is 10.6. The second-order valence-electron chi connectivity index (χ2n) is 3.33. The van der Waals surface area contributed by atoms with Gasteiger partial charge in [-0.15, -0.1) is 0 Å². The Morgan fingerprint density at radius 3 is 2.54 bits per heavy atom. The van der Waals surface area contributed by atoms with Crippen molar-refractivity contribution in [2.45, 2.75) is 26.1 Å². The van der Waals surface area contributed by atoms with Gasteiger partial charge in [-0.05, 0) is 19.1 Å². The first kappa shape index (κ1) is 12.4. The summed E-state index contributed by atoms with van der Waals surface area (Å²) in [5.74, 6) is -0.389. The van der Waals surface area contributed by atoms with Gasteiger partial charge in [-0.1, -0.05) is 13.5 Å². The van der Waals surface area contributed by atoms with Gasteiger partial charge >= 0.3 is 5.97 Å². The van der Waals surface area contributed by atoms with E-state index in [2.05, 4.69) is 26.6 Å². The van der Waals surface area contributed by atoms with E-state index in [-0.39, 0.29) is 5.97 Å². The molecular weight excluding hydrogens is 184 g/mol. The molecular formula is C9H18O3Si. The highest BCUT2D eigenvalue weighted by Gasteiger charge is 2.18. The van der Waals surface area contributed by atoms with Gasteiger partial charge in [-0.25, -0.2) is 4.79 Å². The third-order valence-corrected chi connectivity index (χ3v) is 4.53. The minimum absolute atomic E-state index is 0.321. The van der Waals surface area contributed by atoms with Crippen molar-refractivity contribution in [3.8, 4) is 0 Å². The zero-order chi connectivity index (χ0) is 10.3. The van der Waals surface area contributed by atoms with Gasteiger partial charge in [0.25, 0.3) is 0 Å². The lowest BCUT2D eigenvalue weighted by Gasteiger charge is -2.20. The third kappa shape index (κ3) is 6.54. The van der Waals surface area contributed by atoms with Crippen molar-refractivity contribution in [2.24, 2.45) is 0 Å².